The van der Waals surface area contributed by atoms with Gasteiger partial charge >= 0.3 is 0 Å². The number of thioether (sulfide) groups is 1. The number of nitrogens with one attached hydrogen (secondary N) is 1. The average molecular weight is 259 g/mol. The van der Waals surface area contributed by atoms with Gasteiger partial charge in [0.25, 0.3) is 0 Å². The SMILES string of the molecule is COCCCNC(=O)[C@H](C)Sc1cccs1. The first-order valence-electron chi connectivity index (χ1n) is 5.21. The largest absolute Gasteiger partial charge is 0.385 e. The molecular weight excluding hydrogens is 242 g/mol. The Morgan fingerprint density at radius 2 is 2.50 bits per heavy atom. The van der Waals surface area contributed by atoms with Crippen LogP contribution in [0.5, 0.6) is 0 Å². The van der Waals surface area contributed by atoms with Crippen LogP contribution in [0.15, 0.2) is 21.7 Å². The number of thiophene rings is 1. The Kier molecular flexibility index (Phi) is 6.52. The van der Waals surface area contributed by atoms with Gasteiger partial charge in [-0.3, -0.25) is 4.79 Å². The van der Waals surface area contributed by atoms with E-state index in [-0.39, 0.29) is 11.2 Å². The molecule has 0 saturated carbocycles. The molecule has 0 radical (unpaired) electrons. The molecule has 3 nitrogen and oxygen atoms in total. The van der Waals surface area contributed by atoms with Crippen LogP contribution in [0.4, 0.5) is 0 Å². The molecule has 0 spiro atoms. The van der Waals surface area contributed by atoms with Crippen molar-refractivity contribution in [1.29, 1.82) is 0 Å². The summed E-state index contributed by atoms with van der Waals surface area (Å²) in [5.41, 5.74) is 0. The Bertz CT molecular complexity index is 301. The third-order valence-corrected chi connectivity index (χ3v) is 4.16. The van der Waals surface area contributed by atoms with E-state index in [2.05, 4.69) is 5.32 Å². The topological polar surface area (TPSA) is 38.3 Å². The van der Waals surface area contributed by atoms with E-state index < -0.39 is 0 Å². The molecule has 0 unspecified atom stereocenters. The fourth-order valence-electron chi connectivity index (χ4n) is 1.13. The minimum atomic E-state index is -0.0406. The summed E-state index contributed by atoms with van der Waals surface area (Å²) in [5.74, 6) is 0.0921. The summed E-state index contributed by atoms with van der Waals surface area (Å²) in [7, 11) is 1.66. The van der Waals surface area contributed by atoms with Crippen molar-refractivity contribution in [3.63, 3.8) is 0 Å². The lowest BCUT2D eigenvalue weighted by Crippen LogP contribution is -2.31. The molecule has 1 amide bonds. The fourth-order valence-corrected chi connectivity index (χ4v) is 3.10. The van der Waals surface area contributed by atoms with Gasteiger partial charge in [-0.1, -0.05) is 6.07 Å². The molecule has 1 heterocycles. The van der Waals surface area contributed by atoms with Crippen molar-refractivity contribution >= 4 is 29.0 Å². The van der Waals surface area contributed by atoms with Crippen LogP contribution in [0.2, 0.25) is 0 Å². The number of rotatable bonds is 7. The number of carbonyl (C=O) groups excluding carboxylic acids is 1. The number of hydrogen-bond donors (Lipinski definition) is 1. The molecule has 90 valence electrons. The fraction of sp³-hybridized carbons (Fsp3) is 0.545. The molecule has 1 aromatic heterocycles. The van der Waals surface area contributed by atoms with Crippen molar-refractivity contribution in [2.45, 2.75) is 22.8 Å². The number of ether oxygens (including phenoxy) is 1. The second kappa shape index (κ2) is 7.70. The second-order valence-electron chi connectivity index (χ2n) is 3.33. The van der Waals surface area contributed by atoms with Crippen LogP contribution in [-0.4, -0.2) is 31.4 Å². The molecule has 1 rings (SSSR count). The van der Waals surface area contributed by atoms with Crippen LogP contribution in [0.1, 0.15) is 13.3 Å². The molecule has 5 heteroatoms. The Morgan fingerprint density at radius 1 is 1.69 bits per heavy atom. The van der Waals surface area contributed by atoms with Crippen LogP contribution in [-0.2, 0) is 9.53 Å². The maximum atomic E-state index is 11.7. The van der Waals surface area contributed by atoms with Gasteiger partial charge in [-0.05, 0) is 24.8 Å². The smallest absolute Gasteiger partial charge is 0.233 e. The lowest BCUT2D eigenvalue weighted by atomic mass is 10.4. The maximum Gasteiger partial charge on any atom is 0.233 e. The number of methoxy groups -OCH3 is 1. The van der Waals surface area contributed by atoms with E-state index in [0.29, 0.717) is 13.2 Å². The van der Waals surface area contributed by atoms with Crippen LogP contribution < -0.4 is 5.32 Å². The summed E-state index contributed by atoms with van der Waals surface area (Å²) in [5, 5.41) is 4.87. The van der Waals surface area contributed by atoms with Gasteiger partial charge in [0.2, 0.25) is 5.91 Å². The monoisotopic (exact) mass is 259 g/mol. The van der Waals surface area contributed by atoms with Gasteiger partial charge in [0, 0.05) is 20.3 Å². The van der Waals surface area contributed by atoms with Crippen molar-refractivity contribution in [3.8, 4) is 0 Å². The highest BCUT2D eigenvalue weighted by molar-refractivity contribution is 8.02. The van der Waals surface area contributed by atoms with E-state index in [1.165, 1.54) is 4.21 Å². The van der Waals surface area contributed by atoms with Gasteiger partial charge in [-0.25, -0.2) is 0 Å². The van der Waals surface area contributed by atoms with Crippen molar-refractivity contribution in [2.75, 3.05) is 20.3 Å². The van der Waals surface area contributed by atoms with E-state index in [4.69, 9.17) is 4.74 Å². The highest BCUT2D eigenvalue weighted by atomic mass is 32.2. The van der Waals surface area contributed by atoms with E-state index >= 15 is 0 Å². The van der Waals surface area contributed by atoms with Crippen molar-refractivity contribution in [1.82, 2.24) is 5.32 Å². The molecule has 16 heavy (non-hydrogen) atoms. The first kappa shape index (κ1) is 13.5. The number of hydrogen-bond acceptors (Lipinski definition) is 4. The Labute approximate surface area is 105 Å². The minimum Gasteiger partial charge on any atom is -0.385 e. The summed E-state index contributed by atoms with van der Waals surface area (Å²) in [6.07, 6.45) is 0.860. The minimum absolute atomic E-state index is 0.0406. The zero-order valence-corrected chi connectivity index (χ0v) is 11.2. The predicted octanol–water partition coefficient (Wildman–Crippen LogP) is 2.38. The molecule has 1 atom stereocenters. The molecule has 0 aromatic carbocycles. The lowest BCUT2D eigenvalue weighted by Gasteiger charge is -2.10. The standard InChI is InChI=1S/C11H17NO2S2/c1-9(16-10-5-3-8-15-10)11(13)12-6-4-7-14-2/h3,5,8-9H,4,6-7H2,1-2H3,(H,12,13)/t9-/m0/s1. The van der Waals surface area contributed by atoms with Crippen LogP contribution in [0.3, 0.4) is 0 Å². The van der Waals surface area contributed by atoms with Crippen molar-refractivity contribution in [3.05, 3.63) is 17.5 Å². The van der Waals surface area contributed by atoms with Gasteiger partial charge in [0.15, 0.2) is 0 Å². The van der Waals surface area contributed by atoms with E-state index in [1.807, 2.05) is 24.4 Å². The third-order valence-electron chi connectivity index (χ3n) is 1.98. The molecule has 0 aliphatic carbocycles. The van der Waals surface area contributed by atoms with Gasteiger partial charge in [-0.15, -0.1) is 23.1 Å². The summed E-state index contributed by atoms with van der Waals surface area (Å²) in [4.78, 5) is 11.7. The van der Waals surface area contributed by atoms with Gasteiger partial charge in [-0.2, -0.15) is 0 Å². The Balaban J connectivity index is 2.20. The highest BCUT2D eigenvalue weighted by Gasteiger charge is 2.13. The summed E-state index contributed by atoms with van der Waals surface area (Å²) in [6, 6.07) is 4.03. The molecule has 0 fully saturated rings. The van der Waals surface area contributed by atoms with E-state index in [9.17, 15) is 4.79 Å². The summed E-state index contributed by atoms with van der Waals surface area (Å²) < 4.78 is 6.09. The van der Waals surface area contributed by atoms with E-state index in [1.54, 1.807) is 30.2 Å². The molecule has 0 aliphatic heterocycles. The highest BCUT2D eigenvalue weighted by Crippen LogP contribution is 2.27. The Morgan fingerprint density at radius 3 is 3.12 bits per heavy atom. The molecule has 0 bridgehead atoms. The lowest BCUT2D eigenvalue weighted by molar-refractivity contribution is -0.120. The molecule has 0 aliphatic rings. The first-order valence-corrected chi connectivity index (χ1v) is 6.96. The zero-order chi connectivity index (χ0) is 11.8. The molecule has 1 aromatic rings. The number of carbonyl (C=O) groups is 1. The normalized spacial score (nSPS) is 12.4. The van der Waals surface area contributed by atoms with Crippen LogP contribution >= 0.6 is 23.1 Å². The molecule has 0 saturated heterocycles. The maximum absolute atomic E-state index is 11.7. The Hall–Kier alpha value is -0.520. The summed E-state index contributed by atoms with van der Waals surface area (Å²) in [6.45, 7) is 3.30. The van der Waals surface area contributed by atoms with Gasteiger partial charge in [0.05, 0.1) is 9.46 Å². The van der Waals surface area contributed by atoms with Gasteiger partial charge < -0.3 is 10.1 Å². The van der Waals surface area contributed by atoms with Gasteiger partial charge in [0.1, 0.15) is 0 Å². The first-order chi connectivity index (χ1) is 7.74. The number of amides is 1. The van der Waals surface area contributed by atoms with Crippen molar-refractivity contribution < 1.29 is 9.53 Å². The second-order valence-corrected chi connectivity index (χ2v) is 5.92. The van der Waals surface area contributed by atoms with Crippen LogP contribution in [0.25, 0.3) is 0 Å². The zero-order valence-electron chi connectivity index (χ0n) is 9.56. The van der Waals surface area contributed by atoms with Crippen molar-refractivity contribution in [2.24, 2.45) is 0 Å². The summed E-state index contributed by atoms with van der Waals surface area (Å²) >= 11 is 3.26. The predicted molar refractivity (Wildman–Crippen MR) is 69.1 cm³/mol. The third kappa shape index (κ3) is 5.01. The average Bonchev–Trinajstić information content (AvgIpc) is 2.76. The van der Waals surface area contributed by atoms with Crippen LogP contribution in [0, 0.1) is 0 Å². The quantitative estimate of drug-likeness (QED) is 0.603. The van der Waals surface area contributed by atoms with E-state index in [0.717, 1.165) is 6.42 Å². The molecule has 1 N–H and O–H groups in total. The molecular formula is C11H17NO2S2.